The molecule has 0 radical (unpaired) electrons. The SMILES string of the molecule is C=CC(=C)C(=O)O.[NH4+]. The molecule has 0 saturated heterocycles. The van der Waals surface area contributed by atoms with Gasteiger partial charge in [-0.3, -0.25) is 0 Å². The van der Waals surface area contributed by atoms with Crippen molar-refractivity contribution in [1.82, 2.24) is 6.15 Å². The third-order valence-corrected chi connectivity index (χ3v) is 0.521. The van der Waals surface area contributed by atoms with Crippen LogP contribution in [0.1, 0.15) is 0 Å². The van der Waals surface area contributed by atoms with Crippen molar-refractivity contribution < 1.29 is 9.90 Å². The van der Waals surface area contributed by atoms with Gasteiger partial charge in [0.2, 0.25) is 0 Å². The number of carboxylic acid groups (broad SMARTS) is 1. The Kier molecular flexibility index (Phi) is 5.10. The number of aliphatic carboxylic acids is 1. The van der Waals surface area contributed by atoms with Crippen LogP contribution in [0.5, 0.6) is 0 Å². The number of quaternary nitrogens is 1. The molecule has 0 aliphatic carbocycles. The van der Waals surface area contributed by atoms with E-state index in [4.69, 9.17) is 5.11 Å². The molecule has 0 aliphatic heterocycles. The molecule has 0 unspecified atom stereocenters. The number of carboxylic acids is 1. The first-order valence-corrected chi connectivity index (χ1v) is 1.73. The summed E-state index contributed by atoms with van der Waals surface area (Å²) >= 11 is 0. The predicted octanol–water partition coefficient (Wildman–Crippen LogP) is 1.19. The van der Waals surface area contributed by atoms with Crippen LogP contribution >= 0.6 is 0 Å². The van der Waals surface area contributed by atoms with Gasteiger partial charge in [-0.15, -0.1) is 0 Å². The Morgan fingerprint density at radius 3 is 2.00 bits per heavy atom. The first-order chi connectivity index (χ1) is 3.18. The molecule has 0 aromatic rings. The minimum Gasteiger partial charge on any atom is -0.478 e. The molecule has 0 rings (SSSR count). The molecule has 0 aliphatic rings. The predicted molar refractivity (Wildman–Crippen MR) is 33.0 cm³/mol. The van der Waals surface area contributed by atoms with E-state index < -0.39 is 5.97 Å². The van der Waals surface area contributed by atoms with Gasteiger partial charge in [0.25, 0.3) is 0 Å². The van der Waals surface area contributed by atoms with Crippen LogP contribution in [0.15, 0.2) is 24.8 Å². The van der Waals surface area contributed by atoms with Gasteiger partial charge in [0, 0.05) is 0 Å². The van der Waals surface area contributed by atoms with E-state index in [2.05, 4.69) is 13.2 Å². The molecule has 0 spiro atoms. The van der Waals surface area contributed by atoms with Crippen molar-refractivity contribution in [1.29, 1.82) is 0 Å². The Bertz CT molecular complexity index is 118. The molecule has 0 aromatic carbocycles. The van der Waals surface area contributed by atoms with Crippen molar-refractivity contribution in [2.75, 3.05) is 0 Å². The average molecular weight is 116 g/mol. The number of hydrogen-bond acceptors (Lipinski definition) is 1. The van der Waals surface area contributed by atoms with E-state index in [1.807, 2.05) is 0 Å². The van der Waals surface area contributed by atoms with Crippen molar-refractivity contribution in [2.24, 2.45) is 0 Å². The first kappa shape index (κ1) is 10.0. The molecule has 3 heteroatoms. The maximum Gasteiger partial charge on any atom is 0.335 e. The molecule has 0 bridgehead atoms. The van der Waals surface area contributed by atoms with Crippen molar-refractivity contribution >= 4 is 5.97 Å². The van der Waals surface area contributed by atoms with Gasteiger partial charge in [0.15, 0.2) is 0 Å². The first-order valence-electron chi connectivity index (χ1n) is 1.73. The summed E-state index contributed by atoms with van der Waals surface area (Å²) in [5.41, 5.74) is 0.0278. The van der Waals surface area contributed by atoms with Gasteiger partial charge in [-0.2, -0.15) is 0 Å². The molecule has 0 aromatic heterocycles. The maximum atomic E-state index is 9.76. The quantitative estimate of drug-likeness (QED) is 0.420. The molecule has 3 nitrogen and oxygen atoms in total. The Balaban J connectivity index is 0. The highest BCUT2D eigenvalue weighted by atomic mass is 16.4. The molecular formula is C5H10NO2+. The monoisotopic (exact) mass is 116 g/mol. The molecule has 0 fully saturated rings. The topological polar surface area (TPSA) is 73.8 Å². The molecule has 0 atom stereocenters. The van der Waals surface area contributed by atoms with Gasteiger partial charge >= 0.3 is 5.97 Å². The van der Waals surface area contributed by atoms with E-state index in [1.54, 1.807) is 0 Å². The average Bonchev–Trinajstić information content (AvgIpc) is 1.65. The van der Waals surface area contributed by atoms with Crippen LogP contribution in [0.4, 0.5) is 0 Å². The van der Waals surface area contributed by atoms with Gasteiger partial charge in [-0.05, 0) is 0 Å². The summed E-state index contributed by atoms with van der Waals surface area (Å²) in [6, 6.07) is 0. The fourth-order valence-corrected chi connectivity index (χ4v) is 0.0873. The van der Waals surface area contributed by atoms with E-state index in [9.17, 15) is 4.79 Å². The summed E-state index contributed by atoms with van der Waals surface area (Å²) in [6.07, 6.45) is 1.20. The fourth-order valence-electron chi connectivity index (χ4n) is 0.0873. The zero-order chi connectivity index (χ0) is 5.86. The Morgan fingerprint density at radius 1 is 1.62 bits per heavy atom. The lowest BCUT2D eigenvalue weighted by molar-refractivity contribution is -0.132. The van der Waals surface area contributed by atoms with E-state index >= 15 is 0 Å². The lowest BCUT2D eigenvalue weighted by Gasteiger charge is -1.82. The normalized spacial score (nSPS) is 6.50. The van der Waals surface area contributed by atoms with Crippen molar-refractivity contribution in [3.05, 3.63) is 24.8 Å². The molecule has 8 heavy (non-hydrogen) atoms. The largest absolute Gasteiger partial charge is 0.478 e. The number of carbonyl (C=O) groups is 1. The lowest BCUT2D eigenvalue weighted by atomic mass is 10.3. The second kappa shape index (κ2) is 4.08. The smallest absolute Gasteiger partial charge is 0.335 e. The van der Waals surface area contributed by atoms with Crippen LogP contribution < -0.4 is 6.15 Å². The van der Waals surface area contributed by atoms with Crippen LogP contribution in [0.2, 0.25) is 0 Å². The van der Waals surface area contributed by atoms with Crippen LogP contribution in [-0.2, 0) is 4.79 Å². The number of rotatable bonds is 2. The van der Waals surface area contributed by atoms with E-state index in [-0.39, 0.29) is 11.7 Å². The van der Waals surface area contributed by atoms with Crippen LogP contribution in [-0.4, -0.2) is 11.1 Å². The van der Waals surface area contributed by atoms with Gasteiger partial charge in [0.1, 0.15) is 0 Å². The number of hydrogen-bond donors (Lipinski definition) is 2. The highest BCUT2D eigenvalue weighted by molar-refractivity contribution is 5.88. The third kappa shape index (κ3) is 3.11. The minimum absolute atomic E-state index is 0. The van der Waals surface area contributed by atoms with Gasteiger partial charge in [-0.25, -0.2) is 4.79 Å². The minimum atomic E-state index is -1.02. The zero-order valence-corrected chi connectivity index (χ0v) is 4.85. The third-order valence-electron chi connectivity index (χ3n) is 0.521. The molecule has 0 amide bonds. The second-order valence-electron chi connectivity index (χ2n) is 1.03. The Hall–Kier alpha value is -1.09. The second-order valence-corrected chi connectivity index (χ2v) is 1.03. The maximum absolute atomic E-state index is 9.76. The van der Waals surface area contributed by atoms with Crippen molar-refractivity contribution in [3.63, 3.8) is 0 Å². The van der Waals surface area contributed by atoms with E-state index in [0.29, 0.717) is 0 Å². The van der Waals surface area contributed by atoms with Gasteiger partial charge in [-0.1, -0.05) is 19.2 Å². The lowest BCUT2D eigenvalue weighted by Crippen LogP contribution is -1.93. The molecular weight excluding hydrogens is 106 g/mol. The Labute approximate surface area is 47.9 Å². The van der Waals surface area contributed by atoms with E-state index in [0.717, 1.165) is 0 Å². The van der Waals surface area contributed by atoms with Crippen LogP contribution in [0.3, 0.4) is 0 Å². The summed E-state index contributed by atoms with van der Waals surface area (Å²) in [6.45, 7) is 6.36. The molecule has 0 heterocycles. The van der Waals surface area contributed by atoms with Crippen LogP contribution in [0.25, 0.3) is 0 Å². The van der Waals surface area contributed by atoms with Crippen molar-refractivity contribution in [3.8, 4) is 0 Å². The Morgan fingerprint density at radius 2 is 2.00 bits per heavy atom. The summed E-state index contributed by atoms with van der Waals surface area (Å²) in [7, 11) is 0. The van der Waals surface area contributed by atoms with Gasteiger partial charge < -0.3 is 11.3 Å². The molecule has 0 saturated carbocycles. The van der Waals surface area contributed by atoms with Crippen molar-refractivity contribution in [2.45, 2.75) is 0 Å². The van der Waals surface area contributed by atoms with Crippen LogP contribution in [0, 0.1) is 0 Å². The summed E-state index contributed by atoms with van der Waals surface area (Å²) in [5.74, 6) is -1.02. The van der Waals surface area contributed by atoms with E-state index in [1.165, 1.54) is 6.08 Å². The highest BCUT2D eigenvalue weighted by Gasteiger charge is 1.93. The fraction of sp³-hybridized carbons (Fsp3) is 0. The zero-order valence-electron chi connectivity index (χ0n) is 4.85. The molecule has 5 N–H and O–H groups in total. The molecule has 46 valence electrons. The summed E-state index contributed by atoms with van der Waals surface area (Å²) in [4.78, 5) is 9.76. The van der Waals surface area contributed by atoms with Gasteiger partial charge in [0.05, 0.1) is 5.57 Å². The highest BCUT2D eigenvalue weighted by Crippen LogP contribution is 1.86. The summed E-state index contributed by atoms with van der Waals surface area (Å²) in [5, 5.41) is 8.01. The standard InChI is InChI=1S/C5H6O2.H3N/c1-3-4(2)5(6)7;/h3H,1-2H2,(H,6,7);1H3/p+1. The summed E-state index contributed by atoms with van der Waals surface area (Å²) < 4.78 is 0.